The van der Waals surface area contributed by atoms with Crippen LogP contribution >= 0.6 is 0 Å². The summed E-state index contributed by atoms with van der Waals surface area (Å²) < 4.78 is 17.8. The van der Waals surface area contributed by atoms with E-state index in [2.05, 4.69) is 0 Å². The van der Waals surface area contributed by atoms with Crippen molar-refractivity contribution in [3.63, 3.8) is 0 Å². The van der Waals surface area contributed by atoms with Gasteiger partial charge in [-0.25, -0.2) is 4.39 Å². The first-order valence-corrected chi connectivity index (χ1v) is 4.25. The van der Waals surface area contributed by atoms with Crippen LogP contribution in [0.25, 0.3) is 0 Å². The van der Waals surface area contributed by atoms with E-state index in [1.807, 2.05) is 0 Å². The molecule has 1 rings (SSSR count). The summed E-state index contributed by atoms with van der Waals surface area (Å²) in [5, 5.41) is 9.06. The molecule has 0 spiro atoms. The third-order valence-corrected chi connectivity index (χ3v) is 2.11. The van der Waals surface area contributed by atoms with Crippen LogP contribution in [-0.2, 0) is 5.54 Å². The fourth-order valence-electron chi connectivity index (χ4n) is 1.22. The number of methoxy groups -OCH3 is 1. The first-order chi connectivity index (χ1) is 6.51. The van der Waals surface area contributed by atoms with Crippen LogP contribution in [0.2, 0.25) is 0 Å². The molecule has 0 heterocycles. The lowest BCUT2D eigenvalue weighted by atomic mass is 9.93. The van der Waals surface area contributed by atoms with E-state index in [-0.39, 0.29) is 12.4 Å². The van der Waals surface area contributed by atoms with E-state index in [9.17, 15) is 4.39 Å². The predicted octanol–water partition coefficient (Wildman–Crippen LogP) is 1.00. The molecule has 0 aliphatic carbocycles. The Morgan fingerprint density at radius 3 is 2.71 bits per heavy atom. The number of nitrogens with two attached hydrogens (primary N) is 1. The van der Waals surface area contributed by atoms with Crippen LogP contribution < -0.4 is 10.5 Å². The molecule has 78 valence electrons. The van der Waals surface area contributed by atoms with Crippen LogP contribution in [0.15, 0.2) is 18.2 Å². The van der Waals surface area contributed by atoms with Crippen LogP contribution in [0.1, 0.15) is 12.5 Å². The van der Waals surface area contributed by atoms with Gasteiger partial charge in [0, 0.05) is 11.6 Å². The lowest BCUT2D eigenvalue weighted by Gasteiger charge is -2.24. The summed E-state index contributed by atoms with van der Waals surface area (Å²) in [4.78, 5) is 0. The molecule has 0 saturated carbocycles. The summed E-state index contributed by atoms with van der Waals surface area (Å²) in [6.45, 7) is 1.43. The van der Waals surface area contributed by atoms with E-state index in [1.165, 1.54) is 25.3 Å². The van der Waals surface area contributed by atoms with E-state index >= 15 is 0 Å². The maximum absolute atomic E-state index is 12.8. The van der Waals surface area contributed by atoms with Crippen LogP contribution in [0, 0.1) is 5.82 Å². The van der Waals surface area contributed by atoms with Crippen molar-refractivity contribution in [3.8, 4) is 5.75 Å². The van der Waals surface area contributed by atoms with E-state index < -0.39 is 5.54 Å². The summed E-state index contributed by atoms with van der Waals surface area (Å²) in [5.41, 5.74) is 5.48. The van der Waals surface area contributed by atoms with E-state index in [0.29, 0.717) is 11.3 Å². The van der Waals surface area contributed by atoms with E-state index in [4.69, 9.17) is 15.6 Å². The van der Waals surface area contributed by atoms with Gasteiger partial charge in [0.2, 0.25) is 0 Å². The lowest BCUT2D eigenvalue weighted by molar-refractivity contribution is 0.206. The minimum absolute atomic E-state index is 0.227. The summed E-state index contributed by atoms with van der Waals surface area (Å²) in [6, 6.07) is 4.05. The van der Waals surface area contributed by atoms with Gasteiger partial charge in [0.15, 0.2) is 0 Å². The lowest BCUT2D eigenvalue weighted by Crippen LogP contribution is -2.37. The molecule has 0 aromatic heterocycles. The van der Waals surface area contributed by atoms with Crippen molar-refractivity contribution in [2.45, 2.75) is 12.5 Å². The Morgan fingerprint density at radius 2 is 2.21 bits per heavy atom. The molecule has 1 aromatic carbocycles. The van der Waals surface area contributed by atoms with Crippen molar-refractivity contribution in [2.24, 2.45) is 5.73 Å². The molecule has 1 aromatic rings. The molecule has 3 nitrogen and oxygen atoms in total. The van der Waals surface area contributed by atoms with Crippen LogP contribution in [-0.4, -0.2) is 18.8 Å². The van der Waals surface area contributed by atoms with Crippen molar-refractivity contribution in [2.75, 3.05) is 13.7 Å². The Balaban J connectivity index is 3.20. The van der Waals surface area contributed by atoms with Gasteiger partial charge in [-0.15, -0.1) is 0 Å². The average Bonchev–Trinajstić information content (AvgIpc) is 2.17. The van der Waals surface area contributed by atoms with E-state index in [0.717, 1.165) is 0 Å². The first-order valence-electron chi connectivity index (χ1n) is 4.25. The van der Waals surface area contributed by atoms with Crippen molar-refractivity contribution < 1.29 is 14.2 Å². The SMILES string of the molecule is COc1cc(F)ccc1[C@](C)(N)CO. The largest absolute Gasteiger partial charge is 0.496 e. The molecule has 14 heavy (non-hydrogen) atoms. The van der Waals surface area contributed by atoms with Crippen LogP contribution in [0.4, 0.5) is 4.39 Å². The van der Waals surface area contributed by atoms with Crippen LogP contribution in [0.5, 0.6) is 5.75 Å². The Morgan fingerprint density at radius 1 is 1.57 bits per heavy atom. The van der Waals surface area contributed by atoms with Crippen LogP contribution in [0.3, 0.4) is 0 Å². The number of aliphatic hydroxyl groups excluding tert-OH is 1. The second kappa shape index (κ2) is 3.94. The maximum atomic E-state index is 12.8. The van der Waals surface area contributed by atoms with Crippen molar-refractivity contribution in [1.29, 1.82) is 0 Å². The number of rotatable bonds is 3. The fourth-order valence-corrected chi connectivity index (χ4v) is 1.22. The zero-order valence-electron chi connectivity index (χ0n) is 8.25. The molecule has 0 bridgehead atoms. The molecule has 0 fully saturated rings. The summed E-state index contributed by atoms with van der Waals surface area (Å²) in [5.74, 6) is -0.0385. The quantitative estimate of drug-likeness (QED) is 0.763. The van der Waals surface area contributed by atoms with Gasteiger partial charge in [0.1, 0.15) is 11.6 Å². The Labute approximate surface area is 82.3 Å². The highest BCUT2D eigenvalue weighted by Gasteiger charge is 2.24. The average molecular weight is 199 g/mol. The smallest absolute Gasteiger partial charge is 0.126 e. The summed E-state index contributed by atoms with van der Waals surface area (Å²) >= 11 is 0. The van der Waals surface area contributed by atoms with Crippen molar-refractivity contribution in [3.05, 3.63) is 29.6 Å². The first kappa shape index (κ1) is 10.9. The molecule has 0 amide bonds. The maximum Gasteiger partial charge on any atom is 0.126 e. The number of halogens is 1. The molecule has 0 unspecified atom stereocenters. The highest BCUT2D eigenvalue weighted by atomic mass is 19.1. The van der Waals surface area contributed by atoms with Gasteiger partial charge in [0.05, 0.1) is 19.3 Å². The standard InChI is InChI=1S/C10H14FNO2/c1-10(12,6-13)8-4-3-7(11)5-9(8)14-2/h3-5,13H,6,12H2,1-2H3/t10-/m1/s1. The van der Waals surface area contributed by atoms with Gasteiger partial charge in [-0.05, 0) is 13.0 Å². The minimum atomic E-state index is -0.918. The van der Waals surface area contributed by atoms with Gasteiger partial charge in [-0.1, -0.05) is 6.07 Å². The minimum Gasteiger partial charge on any atom is -0.496 e. The molecule has 3 N–H and O–H groups in total. The third-order valence-electron chi connectivity index (χ3n) is 2.11. The number of benzene rings is 1. The second-order valence-corrected chi connectivity index (χ2v) is 3.42. The normalized spacial score (nSPS) is 14.9. The van der Waals surface area contributed by atoms with Gasteiger partial charge < -0.3 is 15.6 Å². The highest BCUT2D eigenvalue weighted by molar-refractivity contribution is 5.39. The second-order valence-electron chi connectivity index (χ2n) is 3.42. The Hall–Kier alpha value is -1.13. The van der Waals surface area contributed by atoms with Gasteiger partial charge in [-0.3, -0.25) is 0 Å². The molecular formula is C10H14FNO2. The zero-order chi connectivity index (χ0) is 10.8. The highest BCUT2D eigenvalue weighted by Crippen LogP contribution is 2.28. The summed E-state index contributed by atoms with van der Waals surface area (Å²) in [7, 11) is 1.44. The molecule has 0 radical (unpaired) electrons. The number of hydrogen-bond acceptors (Lipinski definition) is 3. The topological polar surface area (TPSA) is 55.5 Å². The summed E-state index contributed by atoms with van der Waals surface area (Å²) in [6.07, 6.45) is 0. The Kier molecular flexibility index (Phi) is 3.08. The third kappa shape index (κ3) is 2.02. The molecule has 4 heteroatoms. The predicted molar refractivity (Wildman–Crippen MR) is 51.6 cm³/mol. The van der Waals surface area contributed by atoms with Crippen molar-refractivity contribution >= 4 is 0 Å². The molecule has 1 atom stereocenters. The Bertz CT molecular complexity index is 326. The number of ether oxygens (including phenoxy) is 1. The number of aliphatic hydroxyl groups is 1. The number of hydrogen-bond donors (Lipinski definition) is 2. The monoisotopic (exact) mass is 199 g/mol. The van der Waals surface area contributed by atoms with Crippen molar-refractivity contribution in [1.82, 2.24) is 0 Å². The molecule has 0 saturated heterocycles. The molecular weight excluding hydrogens is 185 g/mol. The zero-order valence-corrected chi connectivity index (χ0v) is 8.25. The molecule has 0 aliphatic heterocycles. The van der Waals surface area contributed by atoms with E-state index in [1.54, 1.807) is 6.92 Å². The van der Waals surface area contributed by atoms with Gasteiger partial charge in [0.25, 0.3) is 0 Å². The molecule has 0 aliphatic rings. The van der Waals surface area contributed by atoms with Gasteiger partial charge in [-0.2, -0.15) is 0 Å². The fraction of sp³-hybridized carbons (Fsp3) is 0.400. The van der Waals surface area contributed by atoms with Gasteiger partial charge >= 0.3 is 0 Å².